The molecular weight excluding hydrogens is 226 g/mol. The number of nitrogens with two attached hydrogens (primary N) is 1. The molecule has 2 unspecified atom stereocenters. The second kappa shape index (κ2) is 4.46. The molecule has 0 radical (unpaired) electrons. The first-order valence-corrected chi connectivity index (χ1v) is 6.30. The summed E-state index contributed by atoms with van der Waals surface area (Å²) in [4.78, 5) is 0. The Morgan fingerprint density at radius 1 is 1.44 bits per heavy atom. The highest BCUT2D eigenvalue weighted by molar-refractivity contribution is 5.41. The SMILES string of the molecule is CCn1nccc1C(N)C1COc2ccccc21. The maximum Gasteiger partial charge on any atom is 0.122 e. The fourth-order valence-electron chi connectivity index (χ4n) is 2.58. The van der Waals surface area contributed by atoms with E-state index in [2.05, 4.69) is 18.1 Å². The van der Waals surface area contributed by atoms with E-state index in [1.807, 2.05) is 28.9 Å². The van der Waals surface area contributed by atoms with E-state index < -0.39 is 0 Å². The van der Waals surface area contributed by atoms with Crippen LogP contribution in [0.15, 0.2) is 36.5 Å². The molecular formula is C14H17N3O. The third-order valence-corrected chi connectivity index (χ3v) is 3.56. The maximum absolute atomic E-state index is 6.40. The largest absolute Gasteiger partial charge is 0.493 e. The van der Waals surface area contributed by atoms with Gasteiger partial charge in [-0.1, -0.05) is 18.2 Å². The highest BCUT2D eigenvalue weighted by Gasteiger charge is 2.31. The number of fused-ring (bicyclic) bond motifs is 1. The minimum atomic E-state index is -0.0731. The van der Waals surface area contributed by atoms with Gasteiger partial charge in [0, 0.05) is 24.2 Å². The topological polar surface area (TPSA) is 53.1 Å². The van der Waals surface area contributed by atoms with Gasteiger partial charge in [0.25, 0.3) is 0 Å². The number of aromatic nitrogens is 2. The Hall–Kier alpha value is -1.81. The highest BCUT2D eigenvalue weighted by Crippen LogP contribution is 2.39. The van der Waals surface area contributed by atoms with E-state index in [1.165, 1.54) is 5.56 Å². The van der Waals surface area contributed by atoms with Gasteiger partial charge in [0.15, 0.2) is 0 Å². The Morgan fingerprint density at radius 2 is 2.28 bits per heavy atom. The van der Waals surface area contributed by atoms with Gasteiger partial charge in [-0.3, -0.25) is 4.68 Å². The van der Waals surface area contributed by atoms with Gasteiger partial charge in [-0.05, 0) is 19.1 Å². The number of benzene rings is 1. The van der Waals surface area contributed by atoms with Gasteiger partial charge in [-0.15, -0.1) is 0 Å². The molecule has 2 N–H and O–H groups in total. The lowest BCUT2D eigenvalue weighted by Gasteiger charge is -2.19. The number of nitrogens with zero attached hydrogens (tertiary/aromatic N) is 2. The van der Waals surface area contributed by atoms with Crippen molar-refractivity contribution in [3.8, 4) is 5.75 Å². The Labute approximate surface area is 106 Å². The van der Waals surface area contributed by atoms with Crippen molar-refractivity contribution >= 4 is 0 Å². The van der Waals surface area contributed by atoms with Crippen molar-refractivity contribution in [1.82, 2.24) is 9.78 Å². The lowest BCUT2D eigenvalue weighted by Crippen LogP contribution is -2.24. The minimum absolute atomic E-state index is 0.0731. The zero-order valence-corrected chi connectivity index (χ0v) is 10.4. The van der Waals surface area contributed by atoms with E-state index in [0.717, 1.165) is 18.0 Å². The van der Waals surface area contributed by atoms with Crippen LogP contribution in [0.4, 0.5) is 0 Å². The average molecular weight is 243 g/mol. The van der Waals surface area contributed by atoms with E-state index in [4.69, 9.17) is 10.5 Å². The van der Waals surface area contributed by atoms with Crippen LogP contribution in [0.2, 0.25) is 0 Å². The molecule has 94 valence electrons. The van der Waals surface area contributed by atoms with E-state index in [0.29, 0.717) is 6.61 Å². The molecule has 0 saturated heterocycles. The second-order valence-electron chi connectivity index (χ2n) is 4.55. The van der Waals surface area contributed by atoms with E-state index in [-0.39, 0.29) is 12.0 Å². The van der Waals surface area contributed by atoms with Crippen LogP contribution in [0.1, 0.15) is 30.1 Å². The summed E-state index contributed by atoms with van der Waals surface area (Å²) in [5, 5.41) is 4.28. The molecule has 4 nitrogen and oxygen atoms in total. The Kier molecular flexibility index (Phi) is 2.80. The third kappa shape index (κ3) is 1.69. The van der Waals surface area contributed by atoms with E-state index in [1.54, 1.807) is 6.20 Å². The fraction of sp³-hybridized carbons (Fsp3) is 0.357. The Bertz CT molecular complexity index is 549. The molecule has 2 aromatic rings. The molecule has 1 aliphatic heterocycles. The summed E-state index contributed by atoms with van der Waals surface area (Å²) in [5.41, 5.74) is 8.67. The number of para-hydroxylation sites is 1. The zero-order valence-electron chi connectivity index (χ0n) is 10.4. The Balaban J connectivity index is 1.93. The van der Waals surface area contributed by atoms with Crippen LogP contribution in [-0.4, -0.2) is 16.4 Å². The van der Waals surface area contributed by atoms with Crippen LogP contribution in [-0.2, 0) is 6.54 Å². The van der Waals surface area contributed by atoms with Crippen molar-refractivity contribution in [2.24, 2.45) is 5.73 Å². The third-order valence-electron chi connectivity index (χ3n) is 3.56. The lowest BCUT2D eigenvalue weighted by molar-refractivity contribution is 0.311. The van der Waals surface area contributed by atoms with Crippen molar-refractivity contribution in [1.29, 1.82) is 0 Å². The number of aryl methyl sites for hydroxylation is 1. The lowest BCUT2D eigenvalue weighted by atomic mass is 9.92. The van der Waals surface area contributed by atoms with Gasteiger partial charge in [0.05, 0.1) is 18.3 Å². The molecule has 0 fully saturated rings. The van der Waals surface area contributed by atoms with Gasteiger partial charge in [-0.25, -0.2) is 0 Å². The van der Waals surface area contributed by atoms with Gasteiger partial charge < -0.3 is 10.5 Å². The first-order chi connectivity index (χ1) is 8.81. The van der Waals surface area contributed by atoms with Gasteiger partial charge in [0.1, 0.15) is 5.75 Å². The molecule has 0 saturated carbocycles. The number of rotatable bonds is 3. The van der Waals surface area contributed by atoms with Crippen molar-refractivity contribution in [2.75, 3.05) is 6.61 Å². The first kappa shape index (κ1) is 11.3. The summed E-state index contributed by atoms with van der Waals surface area (Å²) in [5.74, 6) is 1.17. The second-order valence-corrected chi connectivity index (χ2v) is 4.55. The quantitative estimate of drug-likeness (QED) is 0.898. The zero-order chi connectivity index (χ0) is 12.5. The molecule has 3 rings (SSSR count). The van der Waals surface area contributed by atoms with Crippen molar-refractivity contribution in [3.05, 3.63) is 47.8 Å². The van der Waals surface area contributed by atoms with Crippen LogP contribution >= 0.6 is 0 Å². The molecule has 18 heavy (non-hydrogen) atoms. The molecule has 0 aliphatic carbocycles. The summed E-state index contributed by atoms with van der Waals surface area (Å²) < 4.78 is 7.64. The summed E-state index contributed by atoms with van der Waals surface area (Å²) in [6, 6.07) is 10.0. The molecule has 1 aromatic heterocycles. The predicted molar refractivity (Wildman–Crippen MR) is 69.5 cm³/mol. The number of hydrogen-bond donors (Lipinski definition) is 1. The van der Waals surface area contributed by atoms with Crippen LogP contribution < -0.4 is 10.5 Å². The van der Waals surface area contributed by atoms with Crippen LogP contribution in [0.5, 0.6) is 5.75 Å². The van der Waals surface area contributed by atoms with Crippen LogP contribution in [0.25, 0.3) is 0 Å². The summed E-state index contributed by atoms with van der Waals surface area (Å²) >= 11 is 0. The van der Waals surface area contributed by atoms with E-state index in [9.17, 15) is 0 Å². The van der Waals surface area contributed by atoms with Crippen LogP contribution in [0.3, 0.4) is 0 Å². The van der Waals surface area contributed by atoms with E-state index >= 15 is 0 Å². The van der Waals surface area contributed by atoms with Crippen molar-refractivity contribution in [2.45, 2.75) is 25.4 Å². The molecule has 2 heterocycles. The summed E-state index contributed by atoms with van der Waals surface area (Å²) in [6.07, 6.45) is 1.81. The highest BCUT2D eigenvalue weighted by atomic mass is 16.5. The average Bonchev–Trinajstić information content (AvgIpc) is 3.04. The normalized spacial score (nSPS) is 19.3. The Morgan fingerprint density at radius 3 is 3.11 bits per heavy atom. The van der Waals surface area contributed by atoms with Crippen molar-refractivity contribution in [3.63, 3.8) is 0 Å². The standard InChI is InChI=1S/C14H17N3O/c1-2-17-12(7-8-16-17)14(15)11-9-18-13-6-4-3-5-10(11)13/h3-8,11,14H,2,9,15H2,1H3. The molecule has 0 bridgehead atoms. The molecule has 4 heteroatoms. The molecule has 1 aromatic carbocycles. The molecule has 1 aliphatic rings. The van der Waals surface area contributed by atoms with Crippen LogP contribution in [0, 0.1) is 0 Å². The first-order valence-electron chi connectivity index (χ1n) is 6.30. The monoisotopic (exact) mass is 243 g/mol. The summed E-state index contributed by atoms with van der Waals surface area (Å²) in [7, 11) is 0. The number of ether oxygens (including phenoxy) is 1. The number of hydrogen-bond acceptors (Lipinski definition) is 3. The van der Waals surface area contributed by atoms with Crippen molar-refractivity contribution < 1.29 is 4.74 Å². The molecule has 0 amide bonds. The maximum atomic E-state index is 6.40. The molecule has 2 atom stereocenters. The summed E-state index contributed by atoms with van der Waals surface area (Å²) in [6.45, 7) is 3.56. The molecule has 0 spiro atoms. The van der Waals surface area contributed by atoms with Gasteiger partial charge in [0.2, 0.25) is 0 Å². The van der Waals surface area contributed by atoms with Gasteiger partial charge >= 0.3 is 0 Å². The van der Waals surface area contributed by atoms with Gasteiger partial charge in [-0.2, -0.15) is 5.10 Å². The fourth-order valence-corrected chi connectivity index (χ4v) is 2.58. The minimum Gasteiger partial charge on any atom is -0.493 e. The smallest absolute Gasteiger partial charge is 0.122 e. The predicted octanol–water partition coefficient (Wildman–Crippen LogP) is 2.08.